The summed E-state index contributed by atoms with van der Waals surface area (Å²) < 4.78 is 5.89. The van der Waals surface area contributed by atoms with E-state index in [2.05, 4.69) is 22.4 Å². The minimum Gasteiger partial charge on any atom is -0.456 e. The summed E-state index contributed by atoms with van der Waals surface area (Å²) in [6, 6.07) is 13.4. The van der Waals surface area contributed by atoms with E-state index in [1.807, 2.05) is 36.5 Å². The molecule has 5 rings (SSSR count). The van der Waals surface area contributed by atoms with Gasteiger partial charge in [-0.1, -0.05) is 24.3 Å². The SMILES string of the molecule is C1=C(/c2cncc(Oc3ccccc3)c2)CCC2CC(C/1)N2. The zero-order valence-corrected chi connectivity index (χ0v) is 12.5. The number of rotatable bonds is 3. The number of nitrogens with zero attached hydrogens (tertiary/aromatic N) is 1. The van der Waals surface area contributed by atoms with Gasteiger partial charge in [0, 0.05) is 18.3 Å². The van der Waals surface area contributed by atoms with Crippen molar-refractivity contribution in [2.75, 3.05) is 0 Å². The molecule has 112 valence electrons. The van der Waals surface area contributed by atoms with Crippen LogP contribution in [-0.2, 0) is 0 Å². The molecule has 22 heavy (non-hydrogen) atoms. The fraction of sp³-hybridized carbons (Fsp3) is 0.316. The van der Waals surface area contributed by atoms with Crippen molar-refractivity contribution in [2.45, 2.75) is 37.8 Å². The van der Waals surface area contributed by atoms with Gasteiger partial charge in [-0.3, -0.25) is 4.98 Å². The van der Waals surface area contributed by atoms with Crippen LogP contribution in [-0.4, -0.2) is 17.1 Å². The summed E-state index contributed by atoms with van der Waals surface area (Å²) in [6.45, 7) is 0. The third-order valence-electron chi connectivity index (χ3n) is 4.51. The number of allylic oxidation sites excluding steroid dienone is 1. The van der Waals surface area contributed by atoms with Crippen LogP contribution in [0, 0.1) is 0 Å². The minimum absolute atomic E-state index is 0.678. The van der Waals surface area contributed by atoms with E-state index in [1.165, 1.54) is 24.0 Å². The summed E-state index contributed by atoms with van der Waals surface area (Å²) in [4.78, 5) is 4.36. The van der Waals surface area contributed by atoms with Crippen molar-refractivity contribution in [3.63, 3.8) is 0 Å². The first-order valence-corrected chi connectivity index (χ1v) is 8.00. The van der Waals surface area contributed by atoms with Gasteiger partial charge in [0.25, 0.3) is 0 Å². The van der Waals surface area contributed by atoms with Crippen molar-refractivity contribution in [3.8, 4) is 11.5 Å². The van der Waals surface area contributed by atoms with Crippen LogP contribution in [0.25, 0.3) is 5.57 Å². The van der Waals surface area contributed by atoms with Crippen LogP contribution in [0.1, 0.15) is 31.2 Å². The van der Waals surface area contributed by atoms with Gasteiger partial charge in [-0.25, -0.2) is 0 Å². The normalized spacial score (nSPS) is 26.1. The molecule has 0 spiro atoms. The Bertz CT molecular complexity index is 675. The molecule has 1 aromatic carbocycles. The average Bonchev–Trinajstić information content (AvgIpc) is 2.46. The maximum absolute atomic E-state index is 5.89. The monoisotopic (exact) mass is 292 g/mol. The zero-order chi connectivity index (χ0) is 14.8. The second-order valence-electron chi connectivity index (χ2n) is 6.12. The Morgan fingerprint density at radius 1 is 1.05 bits per heavy atom. The van der Waals surface area contributed by atoms with Crippen LogP contribution in [0.3, 0.4) is 0 Å². The second kappa shape index (κ2) is 5.93. The van der Waals surface area contributed by atoms with E-state index in [-0.39, 0.29) is 0 Å². The lowest BCUT2D eigenvalue weighted by Gasteiger charge is -2.39. The van der Waals surface area contributed by atoms with Crippen LogP contribution < -0.4 is 10.1 Å². The molecule has 1 saturated heterocycles. The predicted octanol–water partition coefficient (Wildman–Crippen LogP) is 4.17. The highest BCUT2D eigenvalue weighted by atomic mass is 16.5. The van der Waals surface area contributed by atoms with Gasteiger partial charge >= 0.3 is 0 Å². The number of ether oxygens (including phenoxy) is 1. The number of para-hydroxylation sites is 1. The summed E-state index contributed by atoms with van der Waals surface area (Å²) in [5, 5.41) is 3.61. The van der Waals surface area contributed by atoms with Crippen molar-refractivity contribution in [3.05, 3.63) is 60.4 Å². The lowest BCUT2D eigenvalue weighted by molar-refractivity contribution is 0.251. The molecule has 2 aromatic rings. The molecule has 3 heteroatoms. The first-order chi connectivity index (χ1) is 10.9. The molecule has 3 nitrogen and oxygen atoms in total. The van der Waals surface area contributed by atoms with E-state index < -0.39 is 0 Å². The molecule has 3 heterocycles. The van der Waals surface area contributed by atoms with Crippen molar-refractivity contribution in [1.29, 1.82) is 0 Å². The summed E-state index contributed by atoms with van der Waals surface area (Å²) in [5.41, 5.74) is 2.59. The smallest absolute Gasteiger partial charge is 0.146 e. The molecular weight excluding hydrogens is 272 g/mol. The van der Waals surface area contributed by atoms with Crippen LogP contribution >= 0.6 is 0 Å². The Balaban J connectivity index is 1.54. The van der Waals surface area contributed by atoms with Crippen molar-refractivity contribution < 1.29 is 4.74 Å². The Labute approximate surface area is 131 Å². The third kappa shape index (κ3) is 2.90. The van der Waals surface area contributed by atoms with E-state index in [0.29, 0.717) is 12.1 Å². The summed E-state index contributed by atoms with van der Waals surface area (Å²) >= 11 is 0. The number of nitrogens with one attached hydrogen (secondary N) is 1. The molecule has 0 saturated carbocycles. The van der Waals surface area contributed by atoms with Crippen LogP contribution in [0.2, 0.25) is 0 Å². The lowest BCUT2D eigenvalue weighted by Crippen LogP contribution is -2.52. The quantitative estimate of drug-likeness (QED) is 0.922. The molecule has 3 aliphatic rings. The summed E-state index contributed by atoms with van der Waals surface area (Å²) in [5.74, 6) is 1.65. The number of benzene rings is 1. The van der Waals surface area contributed by atoms with Crippen molar-refractivity contribution in [1.82, 2.24) is 10.3 Å². The van der Waals surface area contributed by atoms with E-state index in [4.69, 9.17) is 4.74 Å². The zero-order valence-electron chi connectivity index (χ0n) is 12.5. The van der Waals surface area contributed by atoms with Gasteiger partial charge in [-0.15, -0.1) is 0 Å². The maximum atomic E-state index is 5.89. The van der Waals surface area contributed by atoms with E-state index in [9.17, 15) is 0 Å². The largest absolute Gasteiger partial charge is 0.456 e. The highest BCUT2D eigenvalue weighted by Gasteiger charge is 2.28. The Morgan fingerprint density at radius 2 is 1.91 bits per heavy atom. The van der Waals surface area contributed by atoms with E-state index in [0.717, 1.165) is 24.3 Å². The highest BCUT2D eigenvalue weighted by molar-refractivity contribution is 5.66. The number of hydrogen-bond donors (Lipinski definition) is 1. The topological polar surface area (TPSA) is 34.1 Å². The predicted molar refractivity (Wildman–Crippen MR) is 87.9 cm³/mol. The number of hydrogen-bond acceptors (Lipinski definition) is 3. The second-order valence-corrected chi connectivity index (χ2v) is 6.12. The molecule has 1 N–H and O–H groups in total. The standard InChI is InChI=1S/C19H20N2O/c1-2-4-18(5-3-1)22-19-10-15(12-20-13-19)14-6-8-16-11-17(21-16)9-7-14/h1-6,10,12-13,16-17,21H,7-9,11H2/b14-6+. The van der Waals surface area contributed by atoms with Crippen LogP contribution in [0.5, 0.6) is 11.5 Å². The van der Waals surface area contributed by atoms with Gasteiger partial charge in [0.2, 0.25) is 0 Å². The van der Waals surface area contributed by atoms with E-state index in [1.54, 1.807) is 6.20 Å². The molecule has 1 fully saturated rings. The van der Waals surface area contributed by atoms with Crippen molar-refractivity contribution in [2.24, 2.45) is 0 Å². The van der Waals surface area contributed by atoms with Gasteiger partial charge in [-0.05, 0) is 55.0 Å². The van der Waals surface area contributed by atoms with Gasteiger partial charge in [-0.2, -0.15) is 0 Å². The molecule has 0 amide bonds. The third-order valence-corrected chi connectivity index (χ3v) is 4.51. The summed E-state index contributed by atoms with van der Waals surface area (Å²) in [7, 11) is 0. The number of fused-ring (bicyclic) bond motifs is 3. The molecular formula is C19H20N2O. The molecule has 2 atom stereocenters. The Morgan fingerprint density at radius 3 is 2.77 bits per heavy atom. The minimum atomic E-state index is 0.678. The highest BCUT2D eigenvalue weighted by Crippen LogP contribution is 2.32. The van der Waals surface area contributed by atoms with E-state index >= 15 is 0 Å². The average molecular weight is 292 g/mol. The van der Waals surface area contributed by atoms with Crippen LogP contribution in [0.15, 0.2) is 54.9 Å². The summed E-state index contributed by atoms with van der Waals surface area (Å²) in [6.07, 6.45) is 10.9. The molecule has 0 radical (unpaired) electrons. The van der Waals surface area contributed by atoms with Gasteiger partial charge in [0.05, 0.1) is 6.20 Å². The molecule has 2 unspecified atom stereocenters. The molecule has 2 aliphatic heterocycles. The van der Waals surface area contributed by atoms with Gasteiger partial charge in [0.1, 0.15) is 11.5 Å². The Kier molecular flexibility index (Phi) is 3.65. The fourth-order valence-electron chi connectivity index (χ4n) is 3.27. The maximum Gasteiger partial charge on any atom is 0.146 e. The number of aromatic nitrogens is 1. The first-order valence-electron chi connectivity index (χ1n) is 8.00. The molecule has 1 aromatic heterocycles. The molecule has 1 aliphatic carbocycles. The molecule has 2 bridgehead atoms. The number of pyridine rings is 1. The van der Waals surface area contributed by atoms with Crippen LogP contribution in [0.4, 0.5) is 0 Å². The first kappa shape index (κ1) is 13.5. The fourth-order valence-corrected chi connectivity index (χ4v) is 3.27. The van der Waals surface area contributed by atoms with Gasteiger partial charge in [0.15, 0.2) is 0 Å². The lowest BCUT2D eigenvalue weighted by atomic mass is 9.84. The van der Waals surface area contributed by atoms with Crippen molar-refractivity contribution >= 4 is 5.57 Å². The van der Waals surface area contributed by atoms with Gasteiger partial charge < -0.3 is 10.1 Å². The Hall–Kier alpha value is -2.13.